The minimum Gasteiger partial charge on any atom is -0.497 e. The number of allylic oxidation sites excluding steroid dienone is 1. The number of rotatable bonds is 6. The van der Waals surface area contributed by atoms with E-state index in [0.29, 0.717) is 24.6 Å². The first-order valence-electron chi connectivity index (χ1n) is 13.7. The molecule has 0 bridgehead atoms. The highest BCUT2D eigenvalue weighted by Gasteiger charge is 2.61. The van der Waals surface area contributed by atoms with Crippen LogP contribution in [0.15, 0.2) is 36.4 Å². The summed E-state index contributed by atoms with van der Waals surface area (Å²) in [7, 11) is 3.74. The summed E-state index contributed by atoms with van der Waals surface area (Å²) < 4.78 is 5.61. The molecular weight excluding hydrogens is 462 g/mol. The Kier molecular flexibility index (Phi) is 7.02. The number of hydrogen-bond donors (Lipinski definition) is 2. The lowest BCUT2D eigenvalue weighted by Crippen LogP contribution is -2.41. The van der Waals surface area contributed by atoms with Gasteiger partial charge in [-0.3, -0.25) is 9.59 Å². The highest BCUT2D eigenvalue weighted by Crippen LogP contribution is 2.62. The van der Waals surface area contributed by atoms with Gasteiger partial charge < -0.3 is 20.7 Å². The summed E-state index contributed by atoms with van der Waals surface area (Å²) in [5.74, 6) is 1.03. The number of carbonyl (C=O) groups excluding carboxylic acids is 2. The van der Waals surface area contributed by atoms with Crippen LogP contribution < -0.4 is 20.7 Å². The zero-order chi connectivity index (χ0) is 26.2. The number of hydrogen-bond acceptors (Lipinski definition) is 4. The zero-order valence-electron chi connectivity index (χ0n) is 22.3. The molecule has 1 aliphatic heterocycles. The number of anilines is 1. The van der Waals surface area contributed by atoms with E-state index in [0.717, 1.165) is 48.2 Å². The Balaban J connectivity index is 1.72. The van der Waals surface area contributed by atoms with Crippen LogP contribution in [0.1, 0.15) is 84.8 Å². The van der Waals surface area contributed by atoms with Crippen molar-refractivity contribution in [2.45, 2.75) is 57.8 Å². The van der Waals surface area contributed by atoms with E-state index in [9.17, 15) is 9.59 Å². The molecule has 2 saturated carbocycles. The number of fused-ring (bicyclic) bond motifs is 4. The molecule has 3 aliphatic rings. The summed E-state index contributed by atoms with van der Waals surface area (Å²) in [5, 5.41) is 3.18. The number of carbonyl (C=O) groups is 2. The van der Waals surface area contributed by atoms with Crippen molar-refractivity contribution in [2.24, 2.45) is 17.1 Å². The Hall–Kier alpha value is -3.28. The fourth-order valence-electron chi connectivity index (χ4n) is 6.49. The number of primary amides is 1. The summed E-state index contributed by atoms with van der Waals surface area (Å²) in [6.45, 7) is 3.30. The number of methoxy groups -OCH3 is 1. The van der Waals surface area contributed by atoms with Crippen LogP contribution in [0, 0.1) is 11.3 Å². The molecule has 5 rings (SSSR count). The van der Waals surface area contributed by atoms with Gasteiger partial charge in [-0.15, -0.1) is 0 Å². The van der Waals surface area contributed by atoms with Gasteiger partial charge in [0.2, 0.25) is 11.8 Å². The number of benzene rings is 2. The molecule has 1 heterocycles. The Morgan fingerprint density at radius 3 is 2.62 bits per heavy atom. The largest absolute Gasteiger partial charge is 0.497 e. The van der Waals surface area contributed by atoms with Gasteiger partial charge >= 0.3 is 0 Å². The second-order valence-corrected chi connectivity index (χ2v) is 11.1. The normalized spacial score (nSPS) is 24.6. The predicted octanol–water partition coefficient (Wildman–Crippen LogP) is 5.36. The minimum atomic E-state index is -0.540. The van der Waals surface area contributed by atoms with Crippen molar-refractivity contribution in [1.82, 2.24) is 5.32 Å². The van der Waals surface area contributed by atoms with Crippen LogP contribution in [0.2, 0.25) is 0 Å². The van der Waals surface area contributed by atoms with E-state index in [2.05, 4.69) is 41.4 Å². The molecule has 3 N–H and O–H groups in total. The van der Waals surface area contributed by atoms with Gasteiger partial charge in [0.1, 0.15) is 5.75 Å². The first-order chi connectivity index (χ1) is 17.9. The topological polar surface area (TPSA) is 84.7 Å². The minimum absolute atomic E-state index is 0.0987. The summed E-state index contributed by atoms with van der Waals surface area (Å²) in [4.78, 5) is 28.0. The Labute approximate surface area is 220 Å². The first-order valence-corrected chi connectivity index (χ1v) is 13.7. The number of nitrogens with zero attached hydrogens (tertiary/aromatic N) is 1. The van der Waals surface area contributed by atoms with Crippen molar-refractivity contribution in [2.75, 3.05) is 32.1 Å². The van der Waals surface area contributed by atoms with E-state index in [1.807, 2.05) is 25.2 Å². The molecule has 37 heavy (non-hydrogen) atoms. The molecule has 2 amide bonds. The number of amides is 2. The van der Waals surface area contributed by atoms with Crippen LogP contribution >= 0.6 is 0 Å². The number of nitrogens with one attached hydrogen (secondary N) is 1. The third kappa shape index (κ3) is 4.74. The second-order valence-electron chi connectivity index (χ2n) is 11.1. The molecule has 0 spiro atoms. The van der Waals surface area contributed by atoms with Gasteiger partial charge in [-0.2, -0.15) is 0 Å². The molecule has 2 aliphatic carbocycles. The van der Waals surface area contributed by atoms with Gasteiger partial charge in [0.05, 0.1) is 12.5 Å². The van der Waals surface area contributed by atoms with E-state index in [4.69, 9.17) is 10.5 Å². The average molecular weight is 502 g/mol. The fourth-order valence-corrected chi connectivity index (χ4v) is 6.49. The van der Waals surface area contributed by atoms with Crippen LogP contribution in [-0.2, 0) is 4.79 Å². The van der Waals surface area contributed by atoms with Crippen molar-refractivity contribution in [1.29, 1.82) is 0 Å². The lowest BCUT2D eigenvalue weighted by atomic mass is 9.78. The molecule has 0 aromatic heterocycles. The summed E-state index contributed by atoms with van der Waals surface area (Å²) in [5.41, 5.74) is 11.4. The highest BCUT2D eigenvalue weighted by atomic mass is 16.5. The average Bonchev–Trinajstić information content (AvgIpc) is 3.65. The van der Waals surface area contributed by atoms with Crippen LogP contribution in [0.3, 0.4) is 0 Å². The Morgan fingerprint density at radius 1 is 1.14 bits per heavy atom. The smallest absolute Gasteiger partial charge is 0.248 e. The molecule has 2 fully saturated rings. The van der Waals surface area contributed by atoms with Crippen molar-refractivity contribution in [3.8, 4) is 5.75 Å². The summed E-state index contributed by atoms with van der Waals surface area (Å²) in [6.07, 6.45) is 10.1. The maximum atomic E-state index is 13.6. The zero-order valence-corrected chi connectivity index (χ0v) is 22.3. The van der Waals surface area contributed by atoms with Crippen LogP contribution in [0.5, 0.6) is 5.75 Å². The van der Waals surface area contributed by atoms with Gasteiger partial charge in [-0.1, -0.05) is 44.4 Å². The number of nitrogens with two attached hydrogens (primary N) is 1. The summed E-state index contributed by atoms with van der Waals surface area (Å²) >= 11 is 0. The van der Waals surface area contributed by atoms with E-state index in [-0.39, 0.29) is 11.8 Å². The van der Waals surface area contributed by atoms with Gasteiger partial charge in [-0.25, -0.2) is 0 Å². The molecule has 196 valence electrons. The lowest BCUT2D eigenvalue weighted by Gasteiger charge is -2.33. The van der Waals surface area contributed by atoms with Crippen LogP contribution in [0.25, 0.3) is 11.6 Å². The van der Waals surface area contributed by atoms with Gasteiger partial charge in [0.15, 0.2) is 0 Å². The second kappa shape index (κ2) is 10.2. The Morgan fingerprint density at radius 2 is 1.92 bits per heavy atom. The van der Waals surface area contributed by atoms with Crippen molar-refractivity contribution >= 4 is 29.2 Å². The summed E-state index contributed by atoms with van der Waals surface area (Å²) in [6, 6.07) is 12.1. The molecular formula is C31H39N3O3. The van der Waals surface area contributed by atoms with Crippen LogP contribution in [0.4, 0.5) is 5.69 Å². The van der Waals surface area contributed by atoms with Gasteiger partial charge in [0.25, 0.3) is 0 Å². The van der Waals surface area contributed by atoms with E-state index < -0.39 is 11.3 Å². The highest BCUT2D eigenvalue weighted by molar-refractivity contribution is 5.97. The predicted molar refractivity (Wildman–Crippen MR) is 149 cm³/mol. The number of ether oxygens (including phenoxy) is 1. The molecule has 6 nitrogen and oxygen atoms in total. The quantitative estimate of drug-likeness (QED) is 0.558. The van der Waals surface area contributed by atoms with Crippen LogP contribution in [-0.4, -0.2) is 39.1 Å². The maximum Gasteiger partial charge on any atom is 0.248 e. The van der Waals surface area contributed by atoms with Crippen molar-refractivity contribution < 1.29 is 14.3 Å². The molecule has 0 radical (unpaired) electrons. The monoisotopic (exact) mass is 501 g/mol. The molecule has 2 atom stereocenters. The third-order valence-electron chi connectivity index (χ3n) is 8.61. The van der Waals surface area contributed by atoms with E-state index >= 15 is 0 Å². The van der Waals surface area contributed by atoms with Crippen molar-refractivity contribution in [3.63, 3.8) is 0 Å². The molecule has 2 aromatic rings. The SMILES string of the molecule is CCCNC(=O)C12CC1c1cc(OC)ccc1/C=C(\C1CCCCC1)c1ccc(C(N)=O)cc1N(C)C2. The van der Waals surface area contributed by atoms with Gasteiger partial charge in [0, 0.05) is 42.9 Å². The lowest BCUT2D eigenvalue weighted by molar-refractivity contribution is -0.126. The fraction of sp³-hybridized carbons (Fsp3) is 0.484. The van der Waals surface area contributed by atoms with Gasteiger partial charge in [-0.05, 0) is 72.6 Å². The van der Waals surface area contributed by atoms with E-state index in [1.165, 1.54) is 30.4 Å². The molecule has 6 heteroatoms. The maximum absolute atomic E-state index is 13.6. The Bertz CT molecular complexity index is 1230. The third-order valence-corrected chi connectivity index (χ3v) is 8.61. The molecule has 0 saturated heterocycles. The standard InChI is InChI=1S/C31H39N3O3/c1-4-14-33-30(36)31-18-27(31)26-17-23(37-3)12-10-21(26)15-25(20-8-6-5-7-9-20)24-13-11-22(29(32)35)16-28(24)34(2)19-31/h10-13,15-17,20,27H,4-9,14,18-19H2,1-3H3,(H2,32,35)(H,33,36)/b25-15+. The molecule has 2 unspecified atom stereocenters. The van der Waals surface area contributed by atoms with Crippen molar-refractivity contribution in [3.05, 3.63) is 58.7 Å². The molecule has 2 aromatic carbocycles. The first kappa shape index (κ1) is 25.4. The van der Waals surface area contributed by atoms with E-state index in [1.54, 1.807) is 7.11 Å².